The van der Waals surface area contributed by atoms with Gasteiger partial charge in [0.2, 0.25) is 11.8 Å². The zero-order valence-electron chi connectivity index (χ0n) is 25.4. The fourth-order valence-electron chi connectivity index (χ4n) is 7.13. The highest BCUT2D eigenvalue weighted by atomic mass is 32.2. The third-order valence-electron chi connectivity index (χ3n) is 9.25. The lowest BCUT2D eigenvalue weighted by Crippen LogP contribution is -2.59. The van der Waals surface area contributed by atoms with Crippen LogP contribution in [0.5, 0.6) is 5.88 Å². The summed E-state index contributed by atoms with van der Waals surface area (Å²) in [7, 11) is -4.09. The van der Waals surface area contributed by atoms with Crippen molar-refractivity contribution < 1.29 is 17.9 Å². The Balaban J connectivity index is 1.45. The monoisotopic (exact) mass is 603 g/mol. The SMILES string of the molecule is Cc1cccc(C)c1-c1cc2nc(n1)NS(=O)(=O)c1cccc(c1)C(=O)N(C1CC3(CCNCC3)C1)[C@H](CC(C)C)CO2. The van der Waals surface area contributed by atoms with Crippen molar-refractivity contribution in [3.05, 3.63) is 65.2 Å². The standard InChI is InChI=1S/C33H41N5O4S/c1-21(2)15-25-20-42-29-17-28(30-22(3)7-5-8-23(30)4)35-32(36-29)37-43(40,41)27-10-6-9-24(16-27)31(39)38(25)26-18-33(19-26)11-13-34-14-12-33/h5-10,16-17,21,25-26,34H,11-15,18-20H2,1-4H3,(H,35,36,37)/t25-/m1/s1. The number of hydrogen-bond donors (Lipinski definition) is 2. The molecule has 43 heavy (non-hydrogen) atoms. The van der Waals surface area contributed by atoms with Crippen molar-refractivity contribution in [3.8, 4) is 17.1 Å². The first-order valence-electron chi connectivity index (χ1n) is 15.3. The maximum Gasteiger partial charge on any atom is 0.264 e. The molecule has 2 fully saturated rings. The molecule has 2 aliphatic heterocycles. The number of piperidine rings is 1. The number of aryl methyl sites for hydroxylation is 2. The molecule has 10 heteroatoms. The van der Waals surface area contributed by atoms with E-state index >= 15 is 0 Å². The largest absolute Gasteiger partial charge is 0.475 e. The minimum Gasteiger partial charge on any atom is -0.475 e. The number of ether oxygens (including phenoxy) is 1. The van der Waals surface area contributed by atoms with Crippen LogP contribution >= 0.6 is 0 Å². The number of nitrogens with one attached hydrogen (secondary N) is 2. The van der Waals surface area contributed by atoms with Crippen LogP contribution in [0.25, 0.3) is 11.3 Å². The Labute approximate surface area is 254 Å². The summed E-state index contributed by atoms with van der Waals surface area (Å²) < 4.78 is 36.1. The molecule has 2 aromatic carbocycles. The summed E-state index contributed by atoms with van der Waals surface area (Å²) in [6.45, 7) is 10.5. The Kier molecular flexibility index (Phi) is 7.93. The van der Waals surface area contributed by atoms with Crippen LogP contribution < -0.4 is 14.8 Å². The predicted molar refractivity (Wildman–Crippen MR) is 167 cm³/mol. The lowest BCUT2D eigenvalue weighted by molar-refractivity contribution is -0.0368. The van der Waals surface area contributed by atoms with E-state index < -0.39 is 10.0 Å². The first-order valence-corrected chi connectivity index (χ1v) is 16.8. The van der Waals surface area contributed by atoms with E-state index in [2.05, 4.69) is 33.9 Å². The molecule has 1 saturated carbocycles. The average Bonchev–Trinajstić information content (AvgIpc) is 2.95. The molecule has 1 saturated heterocycles. The van der Waals surface area contributed by atoms with E-state index in [9.17, 15) is 13.2 Å². The van der Waals surface area contributed by atoms with Crippen LogP contribution in [0, 0.1) is 25.2 Å². The number of carbonyl (C=O) groups excluding carboxylic acids is 1. The fraction of sp³-hybridized carbons (Fsp3) is 0.485. The van der Waals surface area contributed by atoms with Crippen molar-refractivity contribution >= 4 is 21.9 Å². The van der Waals surface area contributed by atoms with E-state index in [-0.39, 0.29) is 46.7 Å². The van der Waals surface area contributed by atoms with Crippen LogP contribution in [0.2, 0.25) is 0 Å². The van der Waals surface area contributed by atoms with Crippen LogP contribution in [0.1, 0.15) is 67.4 Å². The fourth-order valence-corrected chi connectivity index (χ4v) is 8.12. The number of nitrogens with zero attached hydrogens (tertiary/aromatic N) is 3. The summed E-state index contributed by atoms with van der Waals surface area (Å²) >= 11 is 0. The number of anilines is 1. The van der Waals surface area contributed by atoms with Crippen LogP contribution in [0.15, 0.2) is 53.4 Å². The number of fused-ring (bicyclic) bond motifs is 4. The van der Waals surface area contributed by atoms with E-state index in [1.165, 1.54) is 12.1 Å². The van der Waals surface area contributed by atoms with Gasteiger partial charge in [-0.1, -0.05) is 38.1 Å². The van der Waals surface area contributed by atoms with Crippen molar-refractivity contribution in [2.75, 3.05) is 24.4 Å². The van der Waals surface area contributed by atoms with Crippen molar-refractivity contribution in [1.29, 1.82) is 0 Å². The van der Waals surface area contributed by atoms with E-state index in [1.807, 2.05) is 36.9 Å². The van der Waals surface area contributed by atoms with Gasteiger partial charge in [-0.15, -0.1) is 0 Å². The van der Waals surface area contributed by atoms with Crippen molar-refractivity contribution in [2.24, 2.45) is 11.3 Å². The third kappa shape index (κ3) is 5.99. The van der Waals surface area contributed by atoms with Gasteiger partial charge in [0.25, 0.3) is 15.9 Å². The summed E-state index contributed by atoms with van der Waals surface area (Å²) in [6.07, 6.45) is 4.86. The van der Waals surface area contributed by atoms with Gasteiger partial charge in [0.15, 0.2) is 0 Å². The highest BCUT2D eigenvalue weighted by Crippen LogP contribution is 2.51. The van der Waals surface area contributed by atoms with Gasteiger partial charge in [0, 0.05) is 23.2 Å². The molecule has 0 unspecified atom stereocenters. The van der Waals surface area contributed by atoms with Gasteiger partial charge in [-0.05, 0) is 99.7 Å². The number of hydrogen-bond acceptors (Lipinski definition) is 7. The molecule has 2 N–H and O–H groups in total. The van der Waals surface area contributed by atoms with Gasteiger partial charge in [0.05, 0.1) is 16.6 Å². The minimum absolute atomic E-state index is 0.00932. The number of amides is 1. The van der Waals surface area contributed by atoms with Gasteiger partial charge >= 0.3 is 0 Å². The van der Waals surface area contributed by atoms with Gasteiger partial charge < -0.3 is 15.0 Å². The second-order valence-electron chi connectivity index (χ2n) is 12.9. The van der Waals surface area contributed by atoms with Crippen LogP contribution in [0.4, 0.5) is 5.95 Å². The number of benzene rings is 2. The predicted octanol–water partition coefficient (Wildman–Crippen LogP) is 5.34. The lowest BCUT2D eigenvalue weighted by atomic mass is 9.60. The normalized spacial score (nSPS) is 21.7. The molecule has 228 valence electrons. The van der Waals surface area contributed by atoms with Crippen LogP contribution in [-0.4, -0.2) is 61.0 Å². The Morgan fingerprint density at radius 1 is 1.02 bits per heavy atom. The molecule has 3 aromatic rings. The van der Waals surface area contributed by atoms with Gasteiger partial charge in [-0.2, -0.15) is 4.98 Å². The smallest absolute Gasteiger partial charge is 0.264 e. The second-order valence-corrected chi connectivity index (χ2v) is 14.6. The summed E-state index contributed by atoms with van der Waals surface area (Å²) in [5, 5.41) is 3.46. The summed E-state index contributed by atoms with van der Waals surface area (Å²) in [4.78, 5) is 25.4. The second kappa shape index (κ2) is 11.5. The third-order valence-corrected chi connectivity index (χ3v) is 10.6. The average molecular weight is 604 g/mol. The molecule has 4 bridgehead atoms. The Morgan fingerprint density at radius 3 is 2.42 bits per heavy atom. The van der Waals surface area contributed by atoms with E-state index in [0.717, 1.165) is 61.9 Å². The van der Waals surface area contributed by atoms with Gasteiger partial charge in [-0.3, -0.25) is 4.79 Å². The molecule has 1 aliphatic carbocycles. The molecule has 0 radical (unpaired) electrons. The molecule has 9 nitrogen and oxygen atoms in total. The molecular formula is C33H41N5O4S. The zero-order valence-corrected chi connectivity index (χ0v) is 26.2. The first-order chi connectivity index (χ1) is 20.5. The Morgan fingerprint density at radius 2 is 1.72 bits per heavy atom. The maximum absolute atomic E-state index is 14.3. The highest BCUT2D eigenvalue weighted by molar-refractivity contribution is 7.92. The number of rotatable bonds is 4. The van der Waals surface area contributed by atoms with Crippen LogP contribution in [-0.2, 0) is 10.0 Å². The molecule has 6 rings (SSSR count). The summed E-state index contributed by atoms with van der Waals surface area (Å²) in [5.41, 5.74) is 4.11. The number of carbonyl (C=O) groups is 1. The van der Waals surface area contributed by atoms with Crippen molar-refractivity contribution in [2.45, 2.75) is 76.8 Å². The summed E-state index contributed by atoms with van der Waals surface area (Å²) in [5.74, 6) is 0.344. The van der Waals surface area contributed by atoms with E-state index in [0.29, 0.717) is 17.2 Å². The molecule has 3 aliphatic rings. The Bertz CT molecular complexity index is 1610. The molecule has 3 heterocycles. The van der Waals surface area contributed by atoms with Gasteiger partial charge in [0.1, 0.15) is 6.61 Å². The minimum atomic E-state index is -4.09. The first kappa shape index (κ1) is 29.6. The maximum atomic E-state index is 14.3. The molecule has 1 spiro atoms. The van der Waals surface area contributed by atoms with E-state index in [4.69, 9.17) is 4.74 Å². The quantitative estimate of drug-likeness (QED) is 0.414. The number of aromatic nitrogens is 2. The van der Waals surface area contributed by atoms with Crippen molar-refractivity contribution in [3.63, 3.8) is 0 Å². The molecule has 1 atom stereocenters. The van der Waals surface area contributed by atoms with Crippen LogP contribution in [0.3, 0.4) is 0 Å². The lowest BCUT2D eigenvalue weighted by Gasteiger charge is -2.55. The summed E-state index contributed by atoms with van der Waals surface area (Å²) in [6, 6.07) is 13.9. The van der Waals surface area contributed by atoms with Gasteiger partial charge in [-0.25, -0.2) is 18.1 Å². The van der Waals surface area contributed by atoms with E-state index in [1.54, 1.807) is 18.2 Å². The van der Waals surface area contributed by atoms with Crippen molar-refractivity contribution in [1.82, 2.24) is 20.2 Å². The number of sulfonamides is 1. The zero-order chi connectivity index (χ0) is 30.4. The highest BCUT2D eigenvalue weighted by Gasteiger charge is 2.49. The molecular weight excluding hydrogens is 562 g/mol. The Hall–Kier alpha value is -3.50. The molecule has 1 aromatic heterocycles. The topological polar surface area (TPSA) is 114 Å². The molecule has 1 amide bonds.